The molecule has 6 heavy (non-hydrogen) atoms. The van der Waals surface area contributed by atoms with E-state index in [0.29, 0.717) is 5.88 Å². The first-order valence-electron chi connectivity index (χ1n) is 1.62. The predicted octanol–water partition coefficient (Wildman–Crippen LogP) is 0.937. The number of hydrogen-bond donors (Lipinski definition) is 1. The SMILES string of the molecule is OCC(Cl)CCl.[H+]. The van der Waals surface area contributed by atoms with Crippen LogP contribution in [0.15, 0.2) is 0 Å². The number of aliphatic hydroxyl groups is 1. The first kappa shape index (κ1) is 6.54. The Morgan fingerprint density at radius 3 is 2.33 bits per heavy atom. The molecule has 1 nitrogen and oxygen atoms in total. The summed E-state index contributed by atoms with van der Waals surface area (Å²) in [7, 11) is 0. The van der Waals surface area contributed by atoms with Gasteiger partial charge in [0.05, 0.1) is 12.0 Å². The largest absolute Gasteiger partial charge is 1.00 e. The second-order valence-corrected chi connectivity index (χ2v) is 1.86. The molecule has 0 aromatic heterocycles. The molecule has 0 amide bonds. The summed E-state index contributed by atoms with van der Waals surface area (Å²) in [5, 5.41) is 7.85. The quantitative estimate of drug-likeness (QED) is 0.551. The van der Waals surface area contributed by atoms with E-state index >= 15 is 0 Å². The maximum absolute atomic E-state index is 8.12. The summed E-state index contributed by atoms with van der Waals surface area (Å²) in [4.78, 5) is 0. The highest BCUT2D eigenvalue weighted by Crippen LogP contribution is 1.94. The van der Waals surface area contributed by atoms with Gasteiger partial charge < -0.3 is 5.11 Å². The highest BCUT2D eigenvalue weighted by molar-refractivity contribution is 6.28. The summed E-state index contributed by atoms with van der Waals surface area (Å²) in [5.41, 5.74) is 0. The third-order valence-corrected chi connectivity index (χ3v) is 1.19. The van der Waals surface area contributed by atoms with Gasteiger partial charge in [0.2, 0.25) is 0 Å². The van der Waals surface area contributed by atoms with Crippen LogP contribution in [-0.2, 0) is 0 Å². The summed E-state index contributed by atoms with van der Waals surface area (Å²) in [6.07, 6.45) is 0. The van der Waals surface area contributed by atoms with E-state index in [0.717, 1.165) is 0 Å². The number of alkyl halides is 2. The average molecular weight is 130 g/mol. The van der Waals surface area contributed by atoms with Gasteiger partial charge in [-0.3, -0.25) is 0 Å². The van der Waals surface area contributed by atoms with Gasteiger partial charge in [-0.15, -0.1) is 23.2 Å². The number of halogens is 2. The molecule has 0 aromatic rings. The van der Waals surface area contributed by atoms with Crippen LogP contribution in [0.25, 0.3) is 0 Å². The van der Waals surface area contributed by atoms with Gasteiger partial charge in [0.1, 0.15) is 0 Å². The van der Waals surface area contributed by atoms with Gasteiger partial charge in [-0.25, -0.2) is 0 Å². The molecule has 0 spiro atoms. The molecule has 38 valence electrons. The van der Waals surface area contributed by atoms with E-state index in [1.165, 1.54) is 0 Å². The zero-order chi connectivity index (χ0) is 4.99. The van der Waals surface area contributed by atoms with Crippen LogP contribution in [0.3, 0.4) is 0 Å². The van der Waals surface area contributed by atoms with E-state index in [1.807, 2.05) is 0 Å². The zero-order valence-corrected chi connectivity index (χ0v) is 4.71. The Hall–Kier alpha value is 0.540. The topological polar surface area (TPSA) is 20.2 Å². The number of aliphatic hydroxyl groups excluding tert-OH is 1. The summed E-state index contributed by atoms with van der Waals surface area (Å²) < 4.78 is 0. The van der Waals surface area contributed by atoms with E-state index in [-0.39, 0.29) is 13.4 Å². The van der Waals surface area contributed by atoms with Crippen LogP contribution in [-0.4, -0.2) is 23.0 Å². The van der Waals surface area contributed by atoms with Gasteiger partial charge in [-0.2, -0.15) is 0 Å². The Balaban J connectivity index is 0. The fourth-order valence-electron chi connectivity index (χ4n) is 0.0488. The number of hydrogen-bond acceptors (Lipinski definition) is 1. The molecule has 1 N–H and O–H groups in total. The molecule has 0 saturated carbocycles. The van der Waals surface area contributed by atoms with Crippen molar-refractivity contribution in [2.24, 2.45) is 0 Å². The fourth-order valence-corrected chi connectivity index (χ4v) is 0.146. The maximum atomic E-state index is 8.12. The van der Waals surface area contributed by atoms with E-state index in [1.54, 1.807) is 0 Å². The Labute approximate surface area is 48.4 Å². The third kappa shape index (κ3) is 2.76. The van der Waals surface area contributed by atoms with Gasteiger partial charge in [-0.05, 0) is 0 Å². The maximum Gasteiger partial charge on any atom is 1.00 e. The van der Waals surface area contributed by atoms with Gasteiger partial charge in [0, 0.05) is 5.88 Å². The minimum absolute atomic E-state index is 0. The lowest BCUT2D eigenvalue weighted by molar-refractivity contribution is 0.299. The van der Waals surface area contributed by atoms with Crippen molar-refractivity contribution in [2.75, 3.05) is 12.5 Å². The molecule has 0 saturated heterocycles. The minimum Gasteiger partial charge on any atom is -0.395 e. The normalized spacial score (nSPS) is 14.5. The van der Waals surface area contributed by atoms with Crippen LogP contribution in [0.4, 0.5) is 0 Å². The van der Waals surface area contributed by atoms with Crippen LogP contribution in [0.1, 0.15) is 1.43 Å². The first-order valence-corrected chi connectivity index (χ1v) is 2.59. The molecule has 0 rings (SSSR count). The first-order chi connectivity index (χ1) is 2.81. The Morgan fingerprint density at radius 2 is 2.33 bits per heavy atom. The predicted molar refractivity (Wildman–Crippen MR) is 28.6 cm³/mol. The number of rotatable bonds is 2. The average Bonchev–Trinajstić information content (AvgIpc) is 1.65. The smallest absolute Gasteiger partial charge is 0.395 e. The van der Waals surface area contributed by atoms with Crippen molar-refractivity contribution in [3.63, 3.8) is 0 Å². The van der Waals surface area contributed by atoms with Gasteiger partial charge in [0.25, 0.3) is 0 Å². The summed E-state index contributed by atoms with van der Waals surface area (Å²) in [6, 6.07) is 0. The summed E-state index contributed by atoms with van der Waals surface area (Å²) >= 11 is 10.4. The van der Waals surface area contributed by atoms with Crippen LogP contribution in [0.2, 0.25) is 0 Å². The molecule has 0 heterocycles. The highest BCUT2D eigenvalue weighted by Gasteiger charge is 1.95. The Kier molecular flexibility index (Phi) is 4.06. The van der Waals surface area contributed by atoms with Crippen molar-refractivity contribution in [3.05, 3.63) is 0 Å². The molecule has 0 radical (unpaired) electrons. The molecule has 1 atom stereocenters. The summed E-state index contributed by atoms with van der Waals surface area (Å²) in [5.74, 6) is 0.318. The molecular formula is C3H7Cl2O+. The van der Waals surface area contributed by atoms with Gasteiger partial charge in [0.15, 0.2) is 0 Å². The molecule has 3 heteroatoms. The Morgan fingerprint density at radius 1 is 1.83 bits per heavy atom. The van der Waals surface area contributed by atoms with Crippen molar-refractivity contribution in [3.8, 4) is 0 Å². The third-order valence-electron chi connectivity index (χ3n) is 0.366. The van der Waals surface area contributed by atoms with Crippen molar-refractivity contribution in [2.45, 2.75) is 5.38 Å². The Bertz CT molecular complexity index is 32.1. The van der Waals surface area contributed by atoms with Crippen LogP contribution >= 0.6 is 23.2 Å². The molecule has 1 unspecified atom stereocenters. The van der Waals surface area contributed by atoms with Gasteiger partial charge >= 0.3 is 1.43 Å². The summed E-state index contributed by atoms with van der Waals surface area (Å²) in [6.45, 7) is -0.0367. The lowest BCUT2D eigenvalue weighted by Crippen LogP contribution is -2.04. The van der Waals surface area contributed by atoms with E-state index in [2.05, 4.69) is 0 Å². The van der Waals surface area contributed by atoms with Crippen molar-refractivity contribution >= 4 is 23.2 Å². The fraction of sp³-hybridized carbons (Fsp3) is 1.00. The molecule has 0 aliphatic rings. The van der Waals surface area contributed by atoms with E-state index in [4.69, 9.17) is 28.3 Å². The van der Waals surface area contributed by atoms with E-state index in [9.17, 15) is 0 Å². The van der Waals surface area contributed by atoms with Crippen LogP contribution < -0.4 is 0 Å². The zero-order valence-electron chi connectivity index (χ0n) is 4.19. The monoisotopic (exact) mass is 129 g/mol. The van der Waals surface area contributed by atoms with Crippen LogP contribution in [0, 0.1) is 0 Å². The van der Waals surface area contributed by atoms with Crippen molar-refractivity contribution in [1.29, 1.82) is 0 Å². The molecule has 0 aromatic carbocycles. The molecule has 0 fully saturated rings. The molecule has 0 aliphatic heterocycles. The molecule has 0 aliphatic carbocycles. The van der Waals surface area contributed by atoms with Gasteiger partial charge in [-0.1, -0.05) is 0 Å². The minimum atomic E-state index is -0.272. The van der Waals surface area contributed by atoms with Crippen LogP contribution in [0.5, 0.6) is 0 Å². The van der Waals surface area contributed by atoms with Crippen molar-refractivity contribution < 1.29 is 6.53 Å². The molecular weight excluding hydrogens is 123 g/mol. The molecule has 0 bridgehead atoms. The van der Waals surface area contributed by atoms with Crippen molar-refractivity contribution in [1.82, 2.24) is 0 Å². The highest BCUT2D eigenvalue weighted by atomic mass is 35.5. The lowest BCUT2D eigenvalue weighted by atomic mass is 10.5. The second kappa shape index (κ2) is 3.72. The lowest BCUT2D eigenvalue weighted by Gasteiger charge is -1.93. The van der Waals surface area contributed by atoms with E-state index < -0.39 is 0 Å². The second-order valence-electron chi connectivity index (χ2n) is 0.934. The standard InChI is InChI=1S/C3H6Cl2O/c4-1-3(5)2-6/h3,6H,1-2H2/p+1.